The van der Waals surface area contributed by atoms with Crippen molar-refractivity contribution >= 4 is 44.8 Å². The molecule has 0 unspecified atom stereocenters. The first-order valence-corrected chi connectivity index (χ1v) is 10.6. The van der Waals surface area contributed by atoms with Crippen molar-refractivity contribution in [1.29, 1.82) is 0 Å². The Morgan fingerprint density at radius 2 is 1.52 bits per heavy atom. The van der Waals surface area contributed by atoms with Crippen molar-refractivity contribution in [1.82, 2.24) is 9.21 Å². The molecule has 0 spiro atoms. The Labute approximate surface area is 168 Å². The van der Waals surface area contributed by atoms with Gasteiger partial charge in [0.05, 0.1) is 22.3 Å². The molecule has 0 bridgehead atoms. The molecular formula is C18H19Cl2N3O3S. The third kappa shape index (κ3) is 4.55. The SMILES string of the molecule is O=C(CNc1ccccc1Cl)N1CCN(S(=O)(=O)c2ccccc2Cl)CC1. The predicted octanol–water partition coefficient (Wildman–Crippen LogP) is 2.94. The van der Waals surface area contributed by atoms with Crippen LogP contribution in [0.5, 0.6) is 0 Å². The van der Waals surface area contributed by atoms with Gasteiger partial charge in [-0.05, 0) is 24.3 Å². The van der Waals surface area contributed by atoms with E-state index in [0.717, 1.165) is 0 Å². The Bertz CT molecular complexity index is 929. The van der Waals surface area contributed by atoms with Gasteiger partial charge in [-0.2, -0.15) is 4.31 Å². The summed E-state index contributed by atoms with van der Waals surface area (Å²) < 4.78 is 26.8. The van der Waals surface area contributed by atoms with Crippen LogP contribution in [0, 0.1) is 0 Å². The monoisotopic (exact) mass is 427 g/mol. The van der Waals surface area contributed by atoms with Crippen LogP contribution in [0.25, 0.3) is 0 Å². The molecule has 0 saturated carbocycles. The minimum atomic E-state index is -3.67. The molecule has 27 heavy (non-hydrogen) atoms. The van der Waals surface area contributed by atoms with E-state index in [1.807, 2.05) is 12.1 Å². The molecule has 144 valence electrons. The fourth-order valence-electron chi connectivity index (χ4n) is 2.86. The van der Waals surface area contributed by atoms with Crippen molar-refractivity contribution in [2.75, 3.05) is 38.0 Å². The first kappa shape index (κ1) is 19.9. The molecule has 0 aromatic heterocycles. The average molecular weight is 428 g/mol. The van der Waals surface area contributed by atoms with Crippen LogP contribution in [0.4, 0.5) is 5.69 Å². The number of hydrogen-bond donors (Lipinski definition) is 1. The number of anilines is 1. The Morgan fingerprint density at radius 3 is 2.15 bits per heavy atom. The molecule has 1 aliphatic heterocycles. The van der Waals surface area contributed by atoms with E-state index >= 15 is 0 Å². The second-order valence-electron chi connectivity index (χ2n) is 6.05. The van der Waals surface area contributed by atoms with E-state index in [1.54, 1.807) is 35.2 Å². The lowest BCUT2D eigenvalue weighted by Gasteiger charge is -2.34. The van der Waals surface area contributed by atoms with Crippen LogP contribution in [0.2, 0.25) is 10.0 Å². The third-order valence-electron chi connectivity index (χ3n) is 4.35. The smallest absolute Gasteiger partial charge is 0.244 e. The molecule has 2 aromatic rings. The van der Waals surface area contributed by atoms with Crippen LogP contribution in [0.15, 0.2) is 53.4 Å². The zero-order valence-electron chi connectivity index (χ0n) is 14.4. The maximum atomic E-state index is 12.7. The Hall–Kier alpha value is -1.80. The lowest BCUT2D eigenvalue weighted by Crippen LogP contribution is -2.51. The van der Waals surface area contributed by atoms with Gasteiger partial charge >= 0.3 is 0 Å². The molecule has 1 amide bonds. The molecule has 1 heterocycles. The summed E-state index contributed by atoms with van der Waals surface area (Å²) in [6.45, 7) is 1.21. The van der Waals surface area contributed by atoms with Gasteiger partial charge < -0.3 is 10.2 Å². The van der Waals surface area contributed by atoms with E-state index in [2.05, 4.69) is 5.32 Å². The van der Waals surface area contributed by atoms with Gasteiger partial charge in [-0.1, -0.05) is 47.5 Å². The van der Waals surface area contributed by atoms with Gasteiger partial charge in [0.2, 0.25) is 15.9 Å². The number of nitrogens with one attached hydrogen (secondary N) is 1. The van der Waals surface area contributed by atoms with Crippen LogP contribution < -0.4 is 5.32 Å². The van der Waals surface area contributed by atoms with Gasteiger partial charge in [0.25, 0.3) is 0 Å². The Morgan fingerprint density at radius 1 is 0.926 bits per heavy atom. The molecule has 1 N–H and O–H groups in total. The number of benzene rings is 2. The number of para-hydroxylation sites is 1. The summed E-state index contributed by atoms with van der Waals surface area (Å²) in [5, 5.41) is 3.75. The summed E-state index contributed by atoms with van der Waals surface area (Å²) >= 11 is 12.1. The number of hydrogen-bond acceptors (Lipinski definition) is 4. The number of carbonyl (C=O) groups is 1. The lowest BCUT2D eigenvalue weighted by molar-refractivity contribution is -0.130. The number of amides is 1. The van der Waals surface area contributed by atoms with E-state index in [1.165, 1.54) is 10.4 Å². The quantitative estimate of drug-likeness (QED) is 0.795. The minimum absolute atomic E-state index is 0.0897. The molecule has 3 rings (SSSR count). The van der Waals surface area contributed by atoms with Crippen molar-refractivity contribution < 1.29 is 13.2 Å². The second kappa shape index (κ2) is 8.48. The van der Waals surface area contributed by atoms with Gasteiger partial charge in [-0.3, -0.25) is 4.79 Å². The molecule has 2 aromatic carbocycles. The van der Waals surface area contributed by atoms with Crippen LogP contribution in [0.1, 0.15) is 0 Å². The largest absolute Gasteiger partial charge is 0.375 e. The molecular weight excluding hydrogens is 409 g/mol. The van der Waals surface area contributed by atoms with Crippen molar-refractivity contribution in [3.05, 3.63) is 58.6 Å². The number of halogens is 2. The zero-order chi connectivity index (χ0) is 19.4. The lowest BCUT2D eigenvalue weighted by atomic mass is 10.3. The fourth-order valence-corrected chi connectivity index (χ4v) is 4.98. The highest BCUT2D eigenvalue weighted by Crippen LogP contribution is 2.25. The van der Waals surface area contributed by atoms with E-state index in [-0.39, 0.29) is 35.5 Å². The third-order valence-corrected chi connectivity index (χ3v) is 7.08. The number of sulfonamides is 1. The Balaban J connectivity index is 1.58. The molecule has 6 nitrogen and oxygen atoms in total. The van der Waals surface area contributed by atoms with E-state index in [0.29, 0.717) is 23.8 Å². The summed E-state index contributed by atoms with van der Waals surface area (Å²) in [5.41, 5.74) is 0.687. The van der Waals surface area contributed by atoms with E-state index < -0.39 is 10.0 Å². The minimum Gasteiger partial charge on any atom is -0.375 e. The summed E-state index contributed by atoms with van der Waals surface area (Å²) in [5.74, 6) is -0.107. The van der Waals surface area contributed by atoms with Crippen molar-refractivity contribution in [3.8, 4) is 0 Å². The first-order valence-electron chi connectivity index (χ1n) is 8.40. The van der Waals surface area contributed by atoms with Crippen molar-refractivity contribution in [2.45, 2.75) is 4.90 Å². The first-order chi connectivity index (χ1) is 12.9. The number of piperazine rings is 1. The van der Waals surface area contributed by atoms with Gasteiger partial charge in [0.1, 0.15) is 4.90 Å². The summed E-state index contributed by atoms with van der Waals surface area (Å²) in [6, 6.07) is 13.5. The van der Waals surface area contributed by atoms with Gasteiger partial charge in [0.15, 0.2) is 0 Å². The average Bonchev–Trinajstić information content (AvgIpc) is 2.67. The number of nitrogens with zero attached hydrogens (tertiary/aromatic N) is 2. The fraction of sp³-hybridized carbons (Fsp3) is 0.278. The summed E-state index contributed by atoms with van der Waals surface area (Å²) in [4.78, 5) is 14.1. The van der Waals surface area contributed by atoms with Gasteiger partial charge in [-0.15, -0.1) is 0 Å². The van der Waals surface area contributed by atoms with Crippen molar-refractivity contribution in [2.24, 2.45) is 0 Å². The molecule has 0 radical (unpaired) electrons. The molecule has 1 fully saturated rings. The number of rotatable bonds is 5. The standard InChI is InChI=1S/C18H19Cl2N3O3S/c19-14-5-1-3-7-16(14)21-13-18(24)22-9-11-23(12-10-22)27(25,26)17-8-4-2-6-15(17)20/h1-8,21H,9-13H2. The highest BCUT2D eigenvalue weighted by atomic mass is 35.5. The van der Waals surface area contributed by atoms with Crippen molar-refractivity contribution in [3.63, 3.8) is 0 Å². The molecule has 0 atom stereocenters. The molecule has 1 saturated heterocycles. The molecule has 0 aliphatic carbocycles. The van der Waals surface area contributed by atoms with Crippen LogP contribution in [-0.4, -0.2) is 56.3 Å². The topological polar surface area (TPSA) is 69.7 Å². The summed E-state index contributed by atoms with van der Waals surface area (Å²) in [6.07, 6.45) is 0. The highest BCUT2D eigenvalue weighted by molar-refractivity contribution is 7.89. The normalized spacial score (nSPS) is 15.6. The second-order valence-corrected chi connectivity index (χ2v) is 8.77. The maximum absolute atomic E-state index is 12.7. The van der Waals surface area contributed by atoms with E-state index in [9.17, 15) is 13.2 Å². The van der Waals surface area contributed by atoms with Crippen LogP contribution in [0.3, 0.4) is 0 Å². The maximum Gasteiger partial charge on any atom is 0.244 e. The molecule has 9 heteroatoms. The van der Waals surface area contributed by atoms with Crippen LogP contribution >= 0.6 is 23.2 Å². The zero-order valence-corrected chi connectivity index (χ0v) is 16.8. The van der Waals surface area contributed by atoms with Gasteiger partial charge in [-0.25, -0.2) is 8.42 Å². The van der Waals surface area contributed by atoms with Crippen LogP contribution in [-0.2, 0) is 14.8 Å². The Kier molecular flexibility index (Phi) is 6.26. The number of carbonyl (C=O) groups excluding carboxylic acids is 1. The summed E-state index contributed by atoms with van der Waals surface area (Å²) in [7, 11) is -3.67. The predicted molar refractivity (Wildman–Crippen MR) is 107 cm³/mol. The van der Waals surface area contributed by atoms with Gasteiger partial charge in [0, 0.05) is 26.2 Å². The highest BCUT2D eigenvalue weighted by Gasteiger charge is 2.31. The van der Waals surface area contributed by atoms with E-state index in [4.69, 9.17) is 23.2 Å². The molecule has 1 aliphatic rings.